The van der Waals surface area contributed by atoms with Crippen LogP contribution < -0.4 is 14.8 Å². The molecule has 11 heteroatoms. The SMILES string of the molecule is CC[C@@H](C)N(Cc1cc(OC)cc(OCCCOC)c1)C(=O)[C@@H]1C[C@H](C(=O)NC(CO)CC(C)C)CN(C(O)OC(C)(C)C)C1. The van der Waals surface area contributed by atoms with Gasteiger partial charge in [-0.1, -0.05) is 20.8 Å². The minimum Gasteiger partial charge on any atom is -0.497 e. The third-order valence-corrected chi connectivity index (χ3v) is 7.99. The van der Waals surface area contributed by atoms with E-state index in [0.29, 0.717) is 50.0 Å². The molecule has 0 spiro atoms. The Bertz CT molecular complexity index is 1050. The summed E-state index contributed by atoms with van der Waals surface area (Å²) in [7, 11) is 3.25. The van der Waals surface area contributed by atoms with Crippen LogP contribution in [0.4, 0.5) is 0 Å². The van der Waals surface area contributed by atoms with Crippen LogP contribution in [0.25, 0.3) is 0 Å². The Balaban J connectivity index is 2.36. The lowest BCUT2D eigenvalue weighted by Gasteiger charge is -2.42. The highest BCUT2D eigenvalue weighted by Gasteiger charge is 2.41. The standard InChI is InChI=1S/C34H59N3O8/c1-10-24(4)37(19-25-15-29(43-9)18-30(16-25)44-13-11-12-42-8)32(40)27-17-26(31(39)35-28(22-38)14-23(2)3)20-36(21-27)33(41)45-34(5,6)7/h15-16,18,23-24,26-28,33,38,41H,10-14,17,19-22H2,1-9H3,(H,35,39)/t24-,26+,27-,28?,33?/m1/s1. The molecule has 2 amide bonds. The van der Waals surface area contributed by atoms with Gasteiger partial charge in [-0.2, -0.15) is 0 Å². The number of piperidine rings is 1. The fourth-order valence-electron chi connectivity index (χ4n) is 5.56. The van der Waals surface area contributed by atoms with Gasteiger partial charge in [0.25, 0.3) is 0 Å². The molecule has 11 nitrogen and oxygen atoms in total. The predicted molar refractivity (Wildman–Crippen MR) is 174 cm³/mol. The van der Waals surface area contributed by atoms with Gasteiger partial charge in [0.05, 0.1) is 43.8 Å². The average Bonchev–Trinajstić information content (AvgIpc) is 2.99. The van der Waals surface area contributed by atoms with Crippen molar-refractivity contribution in [2.75, 3.05) is 47.1 Å². The van der Waals surface area contributed by atoms with E-state index in [0.717, 1.165) is 18.4 Å². The second-order valence-corrected chi connectivity index (χ2v) is 13.6. The first-order valence-electron chi connectivity index (χ1n) is 16.3. The summed E-state index contributed by atoms with van der Waals surface area (Å²) in [5.74, 6) is 0.108. The van der Waals surface area contributed by atoms with Gasteiger partial charge in [-0.05, 0) is 70.6 Å². The lowest BCUT2D eigenvalue weighted by molar-refractivity contribution is -0.247. The molecule has 0 aliphatic carbocycles. The topological polar surface area (TPSA) is 130 Å². The number of ether oxygens (including phenoxy) is 4. The van der Waals surface area contributed by atoms with Crippen LogP contribution in [-0.2, 0) is 25.6 Å². The van der Waals surface area contributed by atoms with E-state index in [-0.39, 0.29) is 43.6 Å². The molecule has 1 aromatic rings. The Morgan fingerprint density at radius 3 is 2.31 bits per heavy atom. The number of hydrogen-bond acceptors (Lipinski definition) is 9. The summed E-state index contributed by atoms with van der Waals surface area (Å²) < 4.78 is 22.5. The summed E-state index contributed by atoms with van der Waals surface area (Å²) >= 11 is 0. The number of aliphatic hydroxyl groups is 2. The van der Waals surface area contributed by atoms with Crippen LogP contribution in [0.15, 0.2) is 18.2 Å². The Kier molecular flexibility index (Phi) is 16.0. The van der Waals surface area contributed by atoms with E-state index in [1.54, 1.807) is 19.1 Å². The van der Waals surface area contributed by atoms with Crippen LogP contribution >= 0.6 is 0 Å². The van der Waals surface area contributed by atoms with E-state index in [2.05, 4.69) is 5.32 Å². The molecule has 2 unspecified atom stereocenters. The molecule has 1 fully saturated rings. The van der Waals surface area contributed by atoms with Crippen molar-refractivity contribution in [3.05, 3.63) is 23.8 Å². The molecule has 3 N–H and O–H groups in total. The lowest BCUT2D eigenvalue weighted by atomic mass is 9.86. The molecule has 2 rings (SSSR count). The number of benzene rings is 1. The maximum absolute atomic E-state index is 14.4. The van der Waals surface area contributed by atoms with Crippen LogP contribution in [0, 0.1) is 17.8 Å². The van der Waals surface area contributed by atoms with Crippen molar-refractivity contribution < 1.29 is 38.7 Å². The van der Waals surface area contributed by atoms with E-state index in [1.165, 1.54) is 0 Å². The van der Waals surface area contributed by atoms with Gasteiger partial charge in [-0.25, -0.2) is 0 Å². The van der Waals surface area contributed by atoms with Crippen molar-refractivity contribution >= 4 is 11.8 Å². The van der Waals surface area contributed by atoms with Crippen LogP contribution in [0.2, 0.25) is 0 Å². The van der Waals surface area contributed by atoms with Crippen molar-refractivity contribution in [3.63, 3.8) is 0 Å². The molecule has 258 valence electrons. The zero-order chi connectivity index (χ0) is 33.7. The van der Waals surface area contributed by atoms with Crippen LogP contribution in [0.3, 0.4) is 0 Å². The van der Waals surface area contributed by atoms with Gasteiger partial charge in [0.1, 0.15) is 11.5 Å². The summed E-state index contributed by atoms with van der Waals surface area (Å²) in [5.41, 5.74) is 0.230. The summed E-state index contributed by atoms with van der Waals surface area (Å²) in [6.07, 6.45) is 1.15. The summed E-state index contributed by atoms with van der Waals surface area (Å²) in [6, 6.07) is 5.18. The van der Waals surface area contributed by atoms with Crippen LogP contribution in [0.1, 0.15) is 79.7 Å². The van der Waals surface area contributed by atoms with Gasteiger partial charge in [0.15, 0.2) is 0 Å². The number of amides is 2. The normalized spacial score (nSPS) is 19.6. The maximum atomic E-state index is 14.4. The molecule has 0 radical (unpaired) electrons. The number of carbonyl (C=O) groups is 2. The molecular weight excluding hydrogens is 578 g/mol. The monoisotopic (exact) mass is 637 g/mol. The van der Waals surface area contributed by atoms with Crippen molar-refractivity contribution in [2.24, 2.45) is 17.8 Å². The summed E-state index contributed by atoms with van der Waals surface area (Å²) in [6.45, 7) is 15.4. The highest BCUT2D eigenvalue weighted by Crippen LogP contribution is 2.30. The number of methoxy groups -OCH3 is 2. The quantitative estimate of drug-likeness (QED) is 0.163. The first-order valence-corrected chi connectivity index (χ1v) is 16.3. The Labute approximate surface area is 270 Å². The fraction of sp³-hybridized carbons (Fsp3) is 0.765. The second-order valence-electron chi connectivity index (χ2n) is 13.6. The molecule has 0 aromatic heterocycles. The van der Waals surface area contributed by atoms with E-state index >= 15 is 0 Å². The second kappa shape index (κ2) is 18.6. The minimum atomic E-state index is -1.28. The number of carbonyl (C=O) groups excluding carboxylic acids is 2. The Hall–Kier alpha value is -2.44. The molecule has 1 aliphatic heterocycles. The minimum absolute atomic E-state index is 0.0852. The smallest absolute Gasteiger partial charge is 0.227 e. The molecule has 0 saturated carbocycles. The largest absolute Gasteiger partial charge is 0.497 e. The summed E-state index contributed by atoms with van der Waals surface area (Å²) in [5, 5.41) is 23.9. The van der Waals surface area contributed by atoms with Crippen molar-refractivity contribution in [1.29, 1.82) is 0 Å². The van der Waals surface area contributed by atoms with E-state index < -0.39 is 23.9 Å². The maximum Gasteiger partial charge on any atom is 0.227 e. The number of nitrogens with zero attached hydrogens (tertiary/aromatic N) is 2. The average molecular weight is 638 g/mol. The Morgan fingerprint density at radius 1 is 1.07 bits per heavy atom. The molecule has 0 bridgehead atoms. The number of rotatable bonds is 18. The molecule has 1 aromatic carbocycles. The van der Waals surface area contributed by atoms with Crippen molar-refractivity contribution in [2.45, 2.75) is 105 Å². The first kappa shape index (κ1) is 38.7. The first-order chi connectivity index (χ1) is 21.2. The lowest BCUT2D eigenvalue weighted by Crippen LogP contribution is -2.56. The third-order valence-electron chi connectivity index (χ3n) is 7.99. The van der Waals surface area contributed by atoms with Crippen molar-refractivity contribution in [3.8, 4) is 11.5 Å². The van der Waals surface area contributed by atoms with E-state index in [9.17, 15) is 19.8 Å². The van der Waals surface area contributed by atoms with Gasteiger partial charge < -0.3 is 39.4 Å². The number of hydrogen-bond donors (Lipinski definition) is 3. The Morgan fingerprint density at radius 2 is 1.73 bits per heavy atom. The zero-order valence-electron chi connectivity index (χ0n) is 29.0. The molecule has 1 aliphatic rings. The zero-order valence-corrected chi connectivity index (χ0v) is 29.0. The molecule has 45 heavy (non-hydrogen) atoms. The van der Waals surface area contributed by atoms with Gasteiger partial charge in [-0.15, -0.1) is 0 Å². The van der Waals surface area contributed by atoms with E-state index in [4.69, 9.17) is 18.9 Å². The van der Waals surface area contributed by atoms with E-state index in [1.807, 2.05) is 71.6 Å². The molecular formula is C34H59N3O8. The number of likely N-dealkylation sites (tertiary alicyclic amines) is 1. The van der Waals surface area contributed by atoms with Crippen LogP contribution in [-0.4, -0.2) is 103 Å². The predicted octanol–water partition coefficient (Wildman–Crippen LogP) is 3.79. The number of nitrogens with one attached hydrogen (secondary N) is 1. The highest BCUT2D eigenvalue weighted by molar-refractivity contribution is 5.83. The molecule has 1 saturated heterocycles. The van der Waals surface area contributed by atoms with Crippen molar-refractivity contribution in [1.82, 2.24) is 15.1 Å². The molecule has 5 atom stereocenters. The van der Waals surface area contributed by atoms with Gasteiger partial charge >= 0.3 is 0 Å². The van der Waals surface area contributed by atoms with Gasteiger partial charge in [0.2, 0.25) is 18.2 Å². The summed E-state index contributed by atoms with van der Waals surface area (Å²) in [4.78, 5) is 31.4. The highest BCUT2D eigenvalue weighted by atomic mass is 16.6. The number of aliphatic hydroxyl groups excluding tert-OH is 2. The molecule has 1 heterocycles. The fourth-order valence-corrected chi connectivity index (χ4v) is 5.56. The van der Waals surface area contributed by atoms with Gasteiger partial charge in [0, 0.05) is 51.9 Å². The third kappa shape index (κ3) is 13.1. The van der Waals surface area contributed by atoms with Gasteiger partial charge in [-0.3, -0.25) is 14.5 Å². The van der Waals surface area contributed by atoms with Crippen LogP contribution in [0.5, 0.6) is 11.5 Å².